The molecule has 0 saturated carbocycles. The number of nitrogens with one attached hydrogen (secondary N) is 1. The van der Waals surface area contributed by atoms with Gasteiger partial charge in [-0.05, 0) is 25.5 Å². The number of rotatable bonds is 3. The van der Waals surface area contributed by atoms with Crippen LogP contribution in [-0.4, -0.2) is 35.0 Å². The van der Waals surface area contributed by atoms with Crippen LogP contribution in [0.15, 0.2) is 18.2 Å². The average Bonchev–Trinajstić information content (AvgIpc) is 2.65. The molecule has 0 radical (unpaired) electrons. The minimum atomic E-state index is -0.829. The fourth-order valence-corrected chi connectivity index (χ4v) is 2.08. The van der Waals surface area contributed by atoms with Crippen LogP contribution < -0.4 is 5.32 Å². The second-order valence-corrected chi connectivity index (χ2v) is 4.39. The predicted molar refractivity (Wildman–Crippen MR) is 60.0 cm³/mol. The maximum absolute atomic E-state index is 12.9. The van der Waals surface area contributed by atoms with Gasteiger partial charge >= 0.3 is 0 Å². The van der Waals surface area contributed by atoms with Crippen molar-refractivity contribution >= 4 is 0 Å². The number of pyridine rings is 1. The highest BCUT2D eigenvalue weighted by Crippen LogP contribution is 2.15. The van der Waals surface area contributed by atoms with Crippen molar-refractivity contribution < 1.29 is 9.50 Å². The molecule has 88 valence electrons. The van der Waals surface area contributed by atoms with E-state index in [4.69, 9.17) is 0 Å². The van der Waals surface area contributed by atoms with Crippen LogP contribution in [0.3, 0.4) is 0 Å². The number of nitrogens with zero attached hydrogens (tertiary/aromatic N) is 1. The fraction of sp³-hybridized carbons (Fsp3) is 0.583. The van der Waals surface area contributed by atoms with Crippen molar-refractivity contribution in [1.29, 1.82) is 0 Å². The molecule has 16 heavy (non-hydrogen) atoms. The lowest BCUT2D eigenvalue weighted by Gasteiger charge is -2.17. The number of alkyl halides is 1. The third-order valence-corrected chi connectivity index (χ3v) is 2.94. The van der Waals surface area contributed by atoms with Crippen molar-refractivity contribution in [3.8, 4) is 0 Å². The molecule has 2 N–H and O–H groups in total. The lowest BCUT2D eigenvalue weighted by molar-refractivity contribution is 0.132. The van der Waals surface area contributed by atoms with E-state index >= 15 is 0 Å². The second-order valence-electron chi connectivity index (χ2n) is 4.39. The van der Waals surface area contributed by atoms with Gasteiger partial charge in [0.1, 0.15) is 6.17 Å². The smallest absolute Gasteiger partial charge is 0.114 e. The molecule has 1 aliphatic rings. The summed E-state index contributed by atoms with van der Waals surface area (Å²) in [5, 5.41) is 12.9. The average molecular weight is 224 g/mol. The molecule has 1 aliphatic heterocycles. The summed E-state index contributed by atoms with van der Waals surface area (Å²) in [7, 11) is 0. The van der Waals surface area contributed by atoms with Gasteiger partial charge in [-0.2, -0.15) is 0 Å². The molecule has 2 rings (SSSR count). The Hall–Kier alpha value is -1.00. The van der Waals surface area contributed by atoms with Crippen LogP contribution in [0.1, 0.15) is 17.8 Å². The minimum Gasteiger partial charge on any atom is -0.391 e. The third kappa shape index (κ3) is 2.77. The first kappa shape index (κ1) is 11.5. The molecular weight excluding hydrogens is 207 g/mol. The lowest BCUT2D eigenvalue weighted by atomic mass is 10.0. The molecule has 0 aliphatic carbocycles. The summed E-state index contributed by atoms with van der Waals surface area (Å²) in [5.74, 6) is 0. The first-order valence-electron chi connectivity index (χ1n) is 5.63. The maximum Gasteiger partial charge on any atom is 0.114 e. The van der Waals surface area contributed by atoms with Crippen molar-refractivity contribution in [2.24, 2.45) is 0 Å². The first-order chi connectivity index (χ1) is 7.65. The van der Waals surface area contributed by atoms with Crippen LogP contribution in [0, 0.1) is 6.92 Å². The molecule has 0 amide bonds. The van der Waals surface area contributed by atoms with Crippen molar-refractivity contribution in [2.45, 2.75) is 38.1 Å². The van der Waals surface area contributed by atoms with Crippen molar-refractivity contribution in [3.63, 3.8) is 0 Å². The molecule has 3 atom stereocenters. The number of aryl methyl sites for hydroxylation is 1. The normalized spacial score (nSPS) is 26.9. The summed E-state index contributed by atoms with van der Waals surface area (Å²) in [6.45, 7) is 2.27. The number of halogens is 1. The second kappa shape index (κ2) is 4.89. The largest absolute Gasteiger partial charge is 0.391 e. The monoisotopic (exact) mass is 224 g/mol. The Morgan fingerprint density at radius 3 is 3.06 bits per heavy atom. The number of hydrogen-bond donors (Lipinski definition) is 2. The molecule has 0 bridgehead atoms. The zero-order valence-corrected chi connectivity index (χ0v) is 9.36. The molecule has 1 aromatic rings. The van der Waals surface area contributed by atoms with E-state index in [1.807, 2.05) is 25.1 Å². The summed E-state index contributed by atoms with van der Waals surface area (Å²) < 4.78 is 12.9. The maximum atomic E-state index is 12.9. The van der Waals surface area contributed by atoms with E-state index in [0.29, 0.717) is 19.4 Å². The third-order valence-electron chi connectivity index (χ3n) is 2.94. The van der Waals surface area contributed by atoms with E-state index in [0.717, 1.165) is 11.4 Å². The van der Waals surface area contributed by atoms with E-state index in [1.54, 1.807) is 0 Å². The van der Waals surface area contributed by atoms with Gasteiger partial charge in [-0.3, -0.25) is 4.98 Å². The van der Waals surface area contributed by atoms with Crippen LogP contribution in [-0.2, 0) is 6.42 Å². The van der Waals surface area contributed by atoms with Gasteiger partial charge in [-0.25, -0.2) is 4.39 Å². The summed E-state index contributed by atoms with van der Waals surface area (Å²) >= 11 is 0. The van der Waals surface area contributed by atoms with Gasteiger partial charge < -0.3 is 10.4 Å². The van der Waals surface area contributed by atoms with Gasteiger partial charge in [0.05, 0.1) is 6.10 Å². The minimum absolute atomic E-state index is 0.141. The van der Waals surface area contributed by atoms with Crippen LogP contribution in [0.5, 0.6) is 0 Å². The zero-order chi connectivity index (χ0) is 11.5. The molecule has 1 fully saturated rings. The Morgan fingerprint density at radius 2 is 2.44 bits per heavy atom. The van der Waals surface area contributed by atoms with E-state index in [-0.39, 0.29) is 6.04 Å². The van der Waals surface area contributed by atoms with E-state index < -0.39 is 12.3 Å². The van der Waals surface area contributed by atoms with Gasteiger partial charge in [0.25, 0.3) is 0 Å². The summed E-state index contributed by atoms with van der Waals surface area (Å²) in [6, 6.07) is 5.58. The SMILES string of the molecule is Cc1cccc(CC(O)C2C[C@@H](F)CN2)n1. The van der Waals surface area contributed by atoms with E-state index in [9.17, 15) is 9.50 Å². The zero-order valence-electron chi connectivity index (χ0n) is 9.36. The summed E-state index contributed by atoms with van der Waals surface area (Å²) in [6.07, 6.45) is -0.515. The first-order valence-corrected chi connectivity index (χ1v) is 5.63. The molecule has 1 aromatic heterocycles. The Balaban J connectivity index is 1.94. The molecule has 4 heteroatoms. The summed E-state index contributed by atoms with van der Waals surface area (Å²) in [5.41, 5.74) is 1.80. The fourth-order valence-electron chi connectivity index (χ4n) is 2.08. The van der Waals surface area contributed by atoms with Crippen molar-refractivity contribution in [2.75, 3.05) is 6.54 Å². The standard InChI is InChI=1S/C12H17FN2O/c1-8-3-2-4-10(15-8)6-12(16)11-5-9(13)7-14-11/h2-4,9,11-12,14,16H,5-7H2,1H3/t9-,11?,12?/m1/s1. The Kier molecular flexibility index (Phi) is 3.51. The van der Waals surface area contributed by atoms with Crippen LogP contribution in [0.25, 0.3) is 0 Å². The Labute approximate surface area is 94.7 Å². The van der Waals surface area contributed by atoms with Gasteiger partial charge in [0.15, 0.2) is 0 Å². The topological polar surface area (TPSA) is 45.1 Å². The van der Waals surface area contributed by atoms with Gasteiger partial charge in [-0.1, -0.05) is 6.07 Å². The molecule has 2 heterocycles. The van der Waals surface area contributed by atoms with Crippen LogP contribution in [0.2, 0.25) is 0 Å². The molecule has 0 aromatic carbocycles. The molecule has 3 nitrogen and oxygen atoms in total. The van der Waals surface area contributed by atoms with E-state index in [1.165, 1.54) is 0 Å². The number of hydrogen-bond acceptors (Lipinski definition) is 3. The van der Waals surface area contributed by atoms with Crippen LogP contribution in [0.4, 0.5) is 4.39 Å². The lowest BCUT2D eigenvalue weighted by Crippen LogP contribution is -2.36. The highest BCUT2D eigenvalue weighted by atomic mass is 19.1. The summed E-state index contributed by atoms with van der Waals surface area (Å²) in [4.78, 5) is 4.32. The van der Waals surface area contributed by atoms with Crippen LogP contribution >= 0.6 is 0 Å². The molecule has 0 spiro atoms. The van der Waals surface area contributed by atoms with E-state index in [2.05, 4.69) is 10.3 Å². The highest BCUT2D eigenvalue weighted by molar-refractivity contribution is 5.11. The molecule has 1 saturated heterocycles. The molecular formula is C12H17FN2O. The highest BCUT2D eigenvalue weighted by Gasteiger charge is 2.29. The number of aliphatic hydroxyl groups excluding tert-OH is 1. The Bertz CT molecular complexity index is 359. The quantitative estimate of drug-likeness (QED) is 0.805. The van der Waals surface area contributed by atoms with Gasteiger partial charge in [-0.15, -0.1) is 0 Å². The predicted octanol–water partition coefficient (Wildman–Crippen LogP) is 0.993. The van der Waals surface area contributed by atoms with Crippen molar-refractivity contribution in [3.05, 3.63) is 29.6 Å². The van der Waals surface area contributed by atoms with Gasteiger partial charge in [0, 0.05) is 30.4 Å². The van der Waals surface area contributed by atoms with Gasteiger partial charge in [0.2, 0.25) is 0 Å². The van der Waals surface area contributed by atoms with Crippen molar-refractivity contribution in [1.82, 2.24) is 10.3 Å². The molecule has 2 unspecified atom stereocenters. The number of aliphatic hydroxyl groups is 1. The Morgan fingerprint density at radius 1 is 1.62 bits per heavy atom. The number of aromatic nitrogens is 1.